The summed E-state index contributed by atoms with van der Waals surface area (Å²) in [6, 6.07) is 16.0. The van der Waals surface area contributed by atoms with E-state index < -0.39 is 12.0 Å². The Morgan fingerprint density at radius 2 is 1.58 bits per heavy atom. The number of amides is 2. The number of nitrogens with zero attached hydrogens (tertiary/aromatic N) is 1. The molecule has 1 aliphatic rings. The summed E-state index contributed by atoms with van der Waals surface area (Å²) in [4.78, 5) is 29.0. The first kappa shape index (κ1) is 27.3. The summed E-state index contributed by atoms with van der Waals surface area (Å²) < 4.78 is 22.8. The molecular weight excluding hydrogens is 552 g/mol. The zero-order valence-electron chi connectivity index (χ0n) is 22.0. The number of carbonyl (C=O) groups excluding carboxylic acids is 2. The molecule has 1 fully saturated rings. The van der Waals surface area contributed by atoms with Gasteiger partial charge in [-0.2, -0.15) is 0 Å². The van der Waals surface area contributed by atoms with Gasteiger partial charge in [0.25, 0.3) is 0 Å². The molecule has 1 heterocycles. The van der Waals surface area contributed by atoms with Gasteiger partial charge in [0.15, 0.2) is 11.5 Å². The molecule has 4 rings (SSSR count). The number of hydrogen-bond donors (Lipinski definition) is 1. The molecule has 0 aromatic heterocycles. The molecule has 0 aliphatic carbocycles. The zero-order chi connectivity index (χ0) is 27.4. The number of halogens is 1. The van der Waals surface area contributed by atoms with Gasteiger partial charge in [-0.05, 0) is 54.8 Å². The molecule has 3 aromatic carbocycles. The van der Waals surface area contributed by atoms with Crippen molar-refractivity contribution in [2.75, 3.05) is 38.7 Å². The first-order valence-corrected chi connectivity index (χ1v) is 12.9. The van der Waals surface area contributed by atoms with E-state index in [0.717, 1.165) is 21.3 Å². The summed E-state index contributed by atoms with van der Waals surface area (Å²) in [5.74, 6) is 1.14. The van der Waals surface area contributed by atoms with Crippen LogP contribution in [0.15, 0.2) is 59.1 Å². The van der Waals surface area contributed by atoms with Crippen molar-refractivity contribution < 1.29 is 28.5 Å². The minimum atomic E-state index is -0.583. The number of nitrogens with one attached hydrogen (secondary N) is 1. The van der Waals surface area contributed by atoms with Crippen LogP contribution in [0.2, 0.25) is 0 Å². The zero-order valence-corrected chi connectivity index (χ0v) is 23.6. The summed E-state index contributed by atoms with van der Waals surface area (Å²) in [7, 11) is 6.17. The highest BCUT2D eigenvalue weighted by atomic mass is 79.9. The Bertz CT molecular complexity index is 1300. The van der Waals surface area contributed by atoms with Crippen molar-refractivity contribution in [3.8, 4) is 23.0 Å². The number of anilines is 2. The van der Waals surface area contributed by atoms with Crippen LogP contribution in [0.1, 0.15) is 30.0 Å². The fourth-order valence-corrected chi connectivity index (χ4v) is 5.33. The molecule has 0 spiro atoms. The Hall–Kier alpha value is -3.72. The van der Waals surface area contributed by atoms with Crippen LogP contribution in [0.4, 0.5) is 11.4 Å². The predicted octanol–water partition coefficient (Wildman–Crippen LogP) is 5.91. The van der Waals surface area contributed by atoms with Gasteiger partial charge >= 0.3 is 0 Å². The van der Waals surface area contributed by atoms with Crippen molar-refractivity contribution in [2.45, 2.75) is 25.8 Å². The Labute approximate surface area is 231 Å². The van der Waals surface area contributed by atoms with E-state index in [-0.39, 0.29) is 18.2 Å². The molecule has 1 saturated heterocycles. The number of piperidine rings is 1. The van der Waals surface area contributed by atoms with E-state index in [9.17, 15) is 9.59 Å². The number of methoxy groups -OCH3 is 4. The fraction of sp³-hybridized carbons (Fsp3) is 0.310. The van der Waals surface area contributed by atoms with Crippen molar-refractivity contribution in [1.82, 2.24) is 0 Å². The first-order chi connectivity index (χ1) is 18.3. The Morgan fingerprint density at radius 1 is 0.921 bits per heavy atom. The van der Waals surface area contributed by atoms with Gasteiger partial charge in [-0.15, -0.1) is 0 Å². The van der Waals surface area contributed by atoms with Crippen molar-refractivity contribution in [3.05, 3.63) is 70.2 Å². The van der Waals surface area contributed by atoms with Crippen LogP contribution in [0.3, 0.4) is 0 Å². The summed E-state index contributed by atoms with van der Waals surface area (Å²) >= 11 is 3.47. The number of ether oxygens (including phenoxy) is 4. The second-order valence-corrected chi connectivity index (χ2v) is 9.87. The fourth-order valence-electron chi connectivity index (χ4n) is 4.85. The lowest BCUT2D eigenvalue weighted by atomic mass is 9.83. The molecule has 3 aromatic rings. The lowest BCUT2D eigenvalue weighted by Crippen LogP contribution is -2.47. The molecule has 1 aliphatic heterocycles. The Balaban J connectivity index is 1.82. The summed E-state index contributed by atoms with van der Waals surface area (Å²) in [6.07, 6.45) is 0.610. The highest BCUT2D eigenvalue weighted by Crippen LogP contribution is 2.46. The van der Waals surface area contributed by atoms with E-state index >= 15 is 0 Å². The minimum Gasteiger partial charge on any atom is -0.497 e. The largest absolute Gasteiger partial charge is 0.497 e. The van der Waals surface area contributed by atoms with Crippen molar-refractivity contribution in [2.24, 2.45) is 5.92 Å². The average molecular weight is 583 g/mol. The number of aryl methyl sites for hydroxylation is 1. The quantitative estimate of drug-likeness (QED) is 0.355. The topological polar surface area (TPSA) is 86.3 Å². The second kappa shape index (κ2) is 11.8. The number of benzene rings is 3. The van der Waals surface area contributed by atoms with Crippen molar-refractivity contribution in [3.63, 3.8) is 0 Å². The minimum absolute atomic E-state index is 0.107. The van der Waals surface area contributed by atoms with Crippen LogP contribution in [0, 0.1) is 12.8 Å². The molecule has 0 bridgehead atoms. The van der Waals surface area contributed by atoms with E-state index in [1.807, 2.05) is 49.4 Å². The van der Waals surface area contributed by atoms with Gasteiger partial charge in [0.05, 0.1) is 46.1 Å². The molecule has 0 unspecified atom stereocenters. The van der Waals surface area contributed by atoms with Gasteiger partial charge in [-0.25, -0.2) is 0 Å². The Morgan fingerprint density at radius 3 is 2.13 bits per heavy atom. The van der Waals surface area contributed by atoms with Gasteiger partial charge in [-0.3, -0.25) is 9.59 Å². The molecule has 1 N–H and O–H groups in total. The van der Waals surface area contributed by atoms with E-state index in [4.69, 9.17) is 18.9 Å². The van der Waals surface area contributed by atoms with Crippen LogP contribution in [-0.4, -0.2) is 40.3 Å². The monoisotopic (exact) mass is 582 g/mol. The molecule has 8 nitrogen and oxygen atoms in total. The SMILES string of the molecule is COc1ccc([C@H]2[C@H](C(=O)Nc3ccc(Br)cc3C)CCC(=O)N2c2cc(OC)c(OC)c(OC)c2)cc1. The van der Waals surface area contributed by atoms with Gasteiger partial charge < -0.3 is 29.2 Å². The molecular formula is C29H31BrN2O6. The van der Waals surface area contributed by atoms with Crippen LogP contribution < -0.4 is 29.2 Å². The van der Waals surface area contributed by atoms with Crippen LogP contribution in [0.25, 0.3) is 0 Å². The molecule has 2 atom stereocenters. The molecule has 9 heteroatoms. The lowest BCUT2D eigenvalue weighted by molar-refractivity contribution is -0.125. The van der Waals surface area contributed by atoms with E-state index in [0.29, 0.717) is 35.1 Å². The smallest absolute Gasteiger partial charge is 0.229 e. The summed E-state index contributed by atoms with van der Waals surface area (Å²) in [6.45, 7) is 1.94. The third kappa shape index (κ3) is 5.43. The third-order valence-corrected chi connectivity index (χ3v) is 7.26. The van der Waals surface area contributed by atoms with Gasteiger partial charge in [0, 0.05) is 28.7 Å². The normalized spacial score (nSPS) is 17.1. The lowest BCUT2D eigenvalue weighted by Gasteiger charge is -2.41. The number of hydrogen-bond acceptors (Lipinski definition) is 6. The van der Waals surface area contributed by atoms with Crippen molar-refractivity contribution >= 4 is 39.1 Å². The number of carbonyl (C=O) groups is 2. The highest BCUT2D eigenvalue weighted by Gasteiger charge is 2.42. The summed E-state index contributed by atoms with van der Waals surface area (Å²) in [5.41, 5.74) is 3.01. The van der Waals surface area contributed by atoms with Crippen LogP contribution in [-0.2, 0) is 9.59 Å². The number of rotatable bonds is 8. The van der Waals surface area contributed by atoms with Crippen LogP contribution >= 0.6 is 15.9 Å². The molecule has 200 valence electrons. The molecule has 2 amide bonds. The maximum atomic E-state index is 13.8. The van der Waals surface area contributed by atoms with E-state index in [2.05, 4.69) is 21.2 Å². The van der Waals surface area contributed by atoms with Crippen LogP contribution in [0.5, 0.6) is 23.0 Å². The standard InChI is InChI=1S/C29H31BrN2O6/c1-17-14-19(30)8-12-23(17)31-29(34)22-11-13-26(33)32(27(22)18-6-9-21(35-2)10-7-18)20-15-24(36-3)28(38-5)25(16-20)37-4/h6-10,12,14-16,22,27H,11,13H2,1-5H3,(H,31,34)/t22-,27+/m1/s1. The van der Waals surface area contributed by atoms with Crippen molar-refractivity contribution in [1.29, 1.82) is 0 Å². The molecule has 0 saturated carbocycles. The highest BCUT2D eigenvalue weighted by molar-refractivity contribution is 9.10. The van der Waals surface area contributed by atoms with Gasteiger partial charge in [0.1, 0.15) is 5.75 Å². The first-order valence-electron chi connectivity index (χ1n) is 12.1. The maximum Gasteiger partial charge on any atom is 0.229 e. The van der Waals surface area contributed by atoms with Gasteiger partial charge in [-0.1, -0.05) is 28.1 Å². The average Bonchev–Trinajstić information content (AvgIpc) is 2.93. The van der Waals surface area contributed by atoms with Gasteiger partial charge in [0.2, 0.25) is 17.6 Å². The Kier molecular flexibility index (Phi) is 8.46. The predicted molar refractivity (Wildman–Crippen MR) is 150 cm³/mol. The third-order valence-electron chi connectivity index (χ3n) is 6.77. The molecule has 38 heavy (non-hydrogen) atoms. The maximum absolute atomic E-state index is 13.8. The second-order valence-electron chi connectivity index (χ2n) is 8.96. The summed E-state index contributed by atoms with van der Waals surface area (Å²) in [5, 5.41) is 3.09. The van der Waals surface area contributed by atoms with E-state index in [1.165, 1.54) is 21.3 Å². The van der Waals surface area contributed by atoms with E-state index in [1.54, 1.807) is 24.1 Å². The molecule has 0 radical (unpaired) electrons.